The third kappa shape index (κ3) is 3.85. The van der Waals surface area contributed by atoms with Crippen LogP contribution in [0.25, 0.3) is 0 Å². The van der Waals surface area contributed by atoms with E-state index in [-0.39, 0.29) is 5.91 Å². The van der Waals surface area contributed by atoms with Gasteiger partial charge in [-0.25, -0.2) is 4.79 Å². The SMILES string of the molecule is O=C1OC(C(=O)NCCCOCC2CC2)Cc2ccccc21. The van der Waals surface area contributed by atoms with Gasteiger partial charge in [0.25, 0.3) is 5.91 Å². The molecule has 0 saturated heterocycles. The zero-order chi connectivity index (χ0) is 15.4. The van der Waals surface area contributed by atoms with Crippen LogP contribution in [0.15, 0.2) is 24.3 Å². The van der Waals surface area contributed by atoms with Crippen molar-refractivity contribution in [3.05, 3.63) is 35.4 Å². The molecule has 1 aliphatic carbocycles. The highest BCUT2D eigenvalue weighted by Crippen LogP contribution is 2.28. The van der Waals surface area contributed by atoms with E-state index in [0.29, 0.717) is 25.1 Å². The van der Waals surface area contributed by atoms with Crippen molar-refractivity contribution < 1.29 is 19.1 Å². The van der Waals surface area contributed by atoms with Gasteiger partial charge in [-0.3, -0.25) is 4.79 Å². The molecule has 1 aromatic rings. The lowest BCUT2D eigenvalue weighted by atomic mass is 9.98. The number of ether oxygens (including phenoxy) is 2. The summed E-state index contributed by atoms with van der Waals surface area (Å²) in [6, 6.07) is 7.25. The molecule has 1 aromatic carbocycles. The summed E-state index contributed by atoms with van der Waals surface area (Å²) in [4.78, 5) is 23.9. The van der Waals surface area contributed by atoms with E-state index >= 15 is 0 Å². The van der Waals surface area contributed by atoms with Crippen molar-refractivity contribution in [3.8, 4) is 0 Å². The summed E-state index contributed by atoms with van der Waals surface area (Å²) in [5, 5.41) is 2.81. The van der Waals surface area contributed by atoms with Crippen LogP contribution < -0.4 is 5.32 Å². The maximum atomic E-state index is 12.1. The second-order valence-electron chi connectivity index (χ2n) is 5.92. The Morgan fingerprint density at radius 3 is 2.95 bits per heavy atom. The molecule has 1 atom stereocenters. The third-order valence-electron chi connectivity index (χ3n) is 4.00. The van der Waals surface area contributed by atoms with Crippen LogP contribution in [0.5, 0.6) is 0 Å². The molecule has 0 aromatic heterocycles. The van der Waals surface area contributed by atoms with E-state index in [4.69, 9.17) is 9.47 Å². The number of carbonyl (C=O) groups is 2. The number of fused-ring (bicyclic) bond motifs is 1. The highest BCUT2D eigenvalue weighted by atomic mass is 16.5. The minimum atomic E-state index is -0.727. The number of amides is 1. The maximum Gasteiger partial charge on any atom is 0.339 e. The Hall–Kier alpha value is -1.88. The third-order valence-corrected chi connectivity index (χ3v) is 4.00. The average Bonchev–Trinajstić information content (AvgIpc) is 3.34. The number of nitrogens with one attached hydrogen (secondary N) is 1. The van der Waals surface area contributed by atoms with Crippen LogP contribution in [0.1, 0.15) is 35.2 Å². The first-order valence-electron chi connectivity index (χ1n) is 7.88. The Balaban J connectivity index is 1.40. The summed E-state index contributed by atoms with van der Waals surface area (Å²) >= 11 is 0. The van der Waals surface area contributed by atoms with E-state index < -0.39 is 12.1 Å². The van der Waals surface area contributed by atoms with Crippen molar-refractivity contribution >= 4 is 11.9 Å². The monoisotopic (exact) mass is 303 g/mol. The smallest absolute Gasteiger partial charge is 0.339 e. The van der Waals surface area contributed by atoms with E-state index in [1.807, 2.05) is 12.1 Å². The van der Waals surface area contributed by atoms with Gasteiger partial charge in [-0.05, 0) is 36.8 Å². The van der Waals surface area contributed by atoms with E-state index in [0.717, 1.165) is 24.5 Å². The van der Waals surface area contributed by atoms with E-state index in [9.17, 15) is 9.59 Å². The molecule has 0 spiro atoms. The molecule has 5 heteroatoms. The molecule has 1 fully saturated rings. The summed E-state index contributed by atoms with van der Waals surface area (Å²) in [5.74, 6) is 0.108. The molecule has 2 aliphatic rings. The molecule has 1 N–H and O–H groups in total. The van der Waals surface area contributed by atoms with Gasteiger partial charge in [0.15, 0.2) is 6.10 Å². The minimum absolute atomic E-state index is 0.231. The number of hydrogen-bond acceptors (Lipinski definition) is 4. The highest BCUT2D eigenvalue weighted by molar-refractivity contribution is 5.95. The standard InChI is InChI=1S/C17H21NO4/c19-16(18-8-3-9-21-11-12-6-7-12)15-10-13-4-1-2-5-14(13)17(20)22-15/h1-2,4-5,12,15H,3,6-11H2,(H,18,19). The van der Waals surface area contributed by atoms with Crippen LogP contribution in [0, 0.1) is 5.92 Å². The number of hydrogen-bond donors (Lipinski definition) is 1. The predicted octanol–water partition coefficient (Wildman–Crippen LogP) is 1.70. The van der Waals surface area contributed by atoms with Gasteiger partial charge in [0, 0.05) is 26.2 Å². The Morgan fingerprint density at radius 2 is 2.14 bits per heavy atom. The normalized spacial score (nSPS) is 20.2. The molecule has 1 aliphatic heterocycles. The molecule has 5 nitrogen and oxygen atoms in total. The molecule has 0 bridgehead atoms. The molecular weight excluding hydrogens is 282 g/mol. The molecule has 1 heterocycles. The molecule has 0 radical (unpaired) electrons. The largest absolute Gasteiger partial charge is 0.448 e. The number of esters is 1. The molecule has 22 heavy (non-hydrogen) atoms. The molecule has 1 unspecified atom stereocenters. The predicted molar refractivity (Wildman–Crippen MR) is 80.5 cm³/mol. The van der Waals surface area contributed by atoms with Crippen LogP contribution in [-0.2, 0) is 20.7 Å². The topological polar surface area (TPSA) is 64.6 Å². The first-order valence-corrected chi connectivity index (χ1v) is 7.88. The van der Waals surface area contributed by atoms with Gasteiger partial charge in [-0.15, -0.1) is 0 Å². The minimum Gasteiger partial charge on any atom is -0.448 e. The quantitative estimate of drug-likeness (QED) is 0.615. The van der Waals surface area contributed by atoms with Crippen molar-refractivity contribution in [2.75, 3.05) is 19.8 Å². The zero-order valence-corrected chi connectivity index (χ0v) is 12.5. The van der Waals surface area contributed by atoms with Crippen LogP contribution in [0.4, 0.5) is 0 Å². The van der Waals surface area contributed by atoms with Crippen LogP contribution >= 0.6 is 0 Å². The number of benzene rings is 1. The lowest BCUT2D eigenvalue weighted by Crippen LogP contribution is -2.42. The summed E-state index contributed by atoms with van der Waals surface area (Å²) < 4.78 is 10.7. The van der Waals surface area contributed by atoms with Crippen LogP contribution in [0.3, 0.4) is 0 Å². The van der Waals surface area contributed by atoms with Gasteiger partial charge >= 0.3 is 5.97 Å². The fraction of sp³-hybridized carbons (Fsp3) is 0.529. The summed E-state index contributed by atoms with van der Waals surface area (Å²) in [6.45, 7) is 2.04. The van der Waals surface area contributed by atoms with E-state index in [2.05, 4.69) is 5.32 Å². The van der Waals surface area contributed by atoms with Gasteiger partial charge in [-0.1, -0.05) is 18.2 Å². The van der Waals surface area contributed by atoms with Crippen molar-refractivity contribution in [3.63, 3.8) is 0 Å². The van der Waals surface area contributed by atoms with E-state index in [1.165, 1.54) is 12.8 Å². The van der Waals surface area contributed by atoms with Crippen LogP contribution in [-0.4, -0.2) is 37.7 Å². The maximum absolute atomic E-state index is 12.1. The van der Waals surface area contributed by atoms with Crippen molar-refractivity contribution in [1.29, 1.82) is 0 Å². The zero-order valence-electron chi connectivity index (χ0n) is 12.5. The van der Waals surface area contributed by atoms with Gasteiger partial charge in [0.05, 0.1) is 5.56 Å². The molecule has 1 saturated carbocycles. The van der Waals surface area contributed by atoms with Crippen molar-refractivity contribution in [1.82, 2.24) is 5.32 Å². The Morgan fingerprint density at radius 1 is 1.32 bits per heavy atom. The van der Waals surface area contributed by atoms with E-state index in [1.54, 1.807) is 12.1 Å². The number of carbonyl (C=O) groups excluding carboxylic acids is 2. The highest BCUT2D eigenvalue weighted by Gasteiger charge is 2.30. The summed E-state index contributed by atoms with van der Waals surface area (Å²) in [6.07, 6.45) is 3.05. The second-order valence-corrected chi connectivity index (χ2v) is 5.92. The second kappa shape index (κ2) is 6.92. The van der Waals surface area contributed by atoms with Gasteiger partial charge < -0.3 is 14.8 Å². The molecule has 1 amide bonds. The fourth-order valence-corrected chi connectivity index (χ4v) is 2.51. The average molecular weight is 303 g/mol. The molecular formula is C17H21NO4. The van der Waals surface area contributed by atoms with Gasteiger partial charge in [-0.2, -0.15) is 0 Å². The fourth-order valence-electron chi connectivity index (χ4n) is 2.51. The first-order chi connectivity index (χ1) is 10.7. The first kappa shape index (κ1) is 15.0. The van der Waals surface area contributed by atoms with Gasteiger partial charge in [0.1, 0.15) is 0 Å². The summed E-state index contributed by atoms with van der Waals surface area (Å²) in [5.41, 5.74) is 1.42. The Kier molecular flexibility index (Phi) is 4.73. The summed E-state index contributed by atoms with van der Waals surface area (Å²) in [7, 11) is 0. The molecule has 3 rings (SSSR count). The van der Waals surface area contributed by atoms with Gasteiger partial charge in [0.2, 0.25) is 0 Å². The van der Waals surface area contributed by atoms with Crippen LogP contribution in [0.2, 0.25) is 0 Å². The lowest BCUT2D eigenvalue weighted by Gasteiger charge is -2.23. The Labute approximate surface area is 130 Å². The molecule has 118 valence electrons. The Bertz CT molecular complexity index is 553. The number of rotatable bonds is 7. The van der Waals surface area contributed by atoms with Crippen molar-refractivity contribution in [2.24, 2.45) is 5.92 Å². The lowest BCUT2D eigenvalue weighted by molar-refractivity contribution is -0.130. The van der Waals surface area contributed by atoms with Crippen molar-refractivity contribution in [2.45, 2.75) is 31.8 Å². The number of cyclic esters (lactones) is 1.